The second-order valence-electron chi connectivity index (χ2n) is 9.63. The Morgan fingerprint density at radius 3 is 2.66 bits per heavy atom. The SMILES string of the molecule is C[C@H](COCCN1CCC(CNC[C@H](O)c2ccc(O)c3[nH]c(=O)ccc23)CC1)c1ccccc1. The molecule has 4 rings (SSSR count). The molecule has 1 aliphatic rings. The van der Waals surface area contributed by atoms with Crippen LogP contribution in [0.25, 0.3) is 10.9 Å². The highest BCUT2D eigenvalue weighted by atomic mass is 16.5. The fourth-order valence-corrected chi connectivity index (χ4v) is 4.83. The van der Waals surface area contributed by atoms with E-state index >= 15 is 0 Å². The standard InChI is InChI=1S/C28H37N3O4/c1-20(22-5-3-2-4-6-22)19-35-16-15-31-13-11-21(12-14-31)17-29-18-26(33)23-7-9-25(32)28-24(23)8-10-27(34)30-28/h2-10,20-21,26,29,32-33H,11-19H2,1H3,(H,30,34)/t20-,26+/m1/s1. The fraction of sp³-hybridized carbons (Fsp3) is 0.464. The van der Waals surface area contributed by atoms with E-state index in [0.717, 1.165) is 52.2 Å². The topological polar surface area (TPSA) is 97.8 Å². The fourth-order valence-electron chi connectivity index (χ4n) is 4.83. The van der Waals surface area contributed by atoms with Crippen molar-refractivity contribution in [3.63, 3.8) is 0 Å². The molecular weight excluding hydrogens is 442 g/mol. The molecule has 1 saturated heterocycles. The van der Waals surface area contributed by atoms with Crippen LogP contribution in [0.5, 0.6) is 5.75 Å². The second-order valence-corrected chi connectivity index (χ2v) is 9.63. The Kier molecular flexibility index (Phi) is 8.93. The van der Waals surface area contributed by atoms with E-state index in [1.54, 1.807) is 12.1 Å². The van der Waals surface area contributed by atoms with Gasteiger partial charge in [-0.15, -0.1) is 0 Å². The summed E-state index contributed by atoms with van der Waals surface area (Å²) in [6.45, 7) is 8.11. The number of nitrogens with one attached hydrogen (secondary N) is 2. The van der Waals surface area contributed by atoms with Crippen molar-refractivity contribution in [2.75, 3.05) is 45.9 Å². The maximum Gasteiger partial charge on any atom is 0.248 e. The number of H-pyrrole nitrogens is 1. The first-order valence-electron chi connectivity index (χ1n) is 12.6. The van der Waals surface area contributed by atoms with E-state index < -0.39 is 6.10 Å². The first kappa shape index (κ1) is 25.4. The van der Waals surface area contributed by atoms with Crippen molar-refractivity contribution in [2.24, 2.45) is 5.92 Å². The van der Waals surface area contributed by atoms with Crippen molar-refractivity contribution in [3.05, 3.63) is 76.1 Å². The number of phenols is 1. The van der Waals surface area contributed by atoms with E-state index in [2.05, 4.69) is 46.4 Å². The third kappa shape index (κ3) is 6.92. The van der Waals surface area contributed by atoms with E-state index in [9.17, 15) is 15.0 Å². The Balaban J connectivity index is 1.14. The van der Waals surface area contributed by atoms with Gasteiger partial charge in [-0.25, -0.2) is 0 Å². The number of aromatic amines is 1. The van der Waals surface area contributed by atoms with Crippen LogP contribution in [0.15, 0.2) is 59.4 Å². The largest absolute Gasteiger partial charge is 0.506 e. The molecule has 188 valence electrons. The van der Waals surface area contributed by atoms with Crippen LogP contribution >= 0.6 is 0 Å². The third-order valence-corrected chi connectivity index (χ3v) is 7.03. The molecule has 7 heteroatoms. The summed E-state index contributed by atoms with van der Waals surface area (Å²) >= 11 is 0. The molecule has 1 fully saturated rings. The quantitative estimate of drug-likeness (QED) is 0.315. The zero-order chi connectivity index (χ0) is 24.6. The van der Waals surface area contributed by atoms with Gasteiger partial charge in [0, 0.05) is 30.5 Å². The van der Waals surface area contributed by atoms with Gasteiger partial charge in [0.15, 0.2) is 0 Å². The summed E-state index contributed by atoms with van der Waals surface area (Å²) in [6.07, 6.45) is 1.54. The highest BCUT2D eigenvalue weighted by Gasteiger charge is 2.20. The molecule has 2 heterocycles. The number of pyridine rings is 1. The number of fused-ring (bicyclic) bond motifs is 1. The Morgan fingerprint density at radius 1 is 1.11 bits per heavy atom. The van der Waals surface area contributed by atoms with Gasteiger partial charge >= 0.3 is 0 Å². The molecule has 0 saturated carbocycles. The van der Waals surface area contributed by atoms with Crippen LogP contribution in [-0.4, -0.2) is 66.0 Å². The lowest BCUT2D eigenvalue weighted by Crippen LogP contribution is -2.39. The molecule has 0 spiro atoms. The number of ether oxygens (including phenoxy) is 1. The van der Waals surface area contributed by atoms with Crippen LogP contribution in [-0.2, 0) is 4.74 Å². The number of rotatable bonds is 11. The lowest BCUT2D eigenvalue weighted by atomic mass is 9.96. The molecule has 1 aromatic heterocycles. The van der Waals surface area contributed by atoms with Gasteiger partial charge in [-0.05, 0) is 61.7 Å². The summed E-state index contributed by atoms with van der Waals surface area (Å²) < 4.78 is 5.94. The van der Waals surface area contributed by atoms with E-state index in [0.29, 0.717) is 34.8 Å². The number of piperidine rings is 1. The number of aromatic hydroxyl groups is 1. The molecule has 0 bridgehead atoms. The molecule has 3 aromatic rings. The van der Waals surface area contributed by atoms with Gasteiger partial charge in [-0.3, -0.25) is 4.79 Å². The van der Waals surface area contributed by atoms with E-state index in [4.69, 9.17) is 4.74 Å². The minimum atomic E-state index is -0.723. The average Bonchev–Trinajstić information content (AvgIpc) is 2.88. The first-order chi connectivity index (χ1) is 17.0. The van der Waals surface area contributed by atoms with Gasteiger partial charge in [-0.2, -0.15) is 0 Å². The van der Waals surface area contributed by atoms with Gasteiger partial charge in [0.2, 0.25) is 5.56 Å². The number of aliphatic hydroxyl groups is 1. The van der Waals surface area contributed by atoms with Crippen LogP contribution in [0.1, 0.15) is 42.9 Å². The Labute approximate surface area is 206 Å². The number of benzene rings is 2. The Hall–Kier alpha value is -2.71. The van der Waals surface area contributed by atoms with E-state index in [1.165, 1.54) is 17.7 Å². The summed E-state index contributed by atoms with van der Waals surface area (Å²) in [5.74, 6) is 1.00. The van der Waals surface area contributed by atoms with Crippen molar-refractivity contribution in [1.82, 2.24) is 15.2 Å². The minimum Gasteiger partial charge on any atom is -0.506 e. The highest BCUT2D eigenvalue weighted by molar-refractivity contribution is 5.87. The molecule has 0 aliphatic carbocycles. The third-order valence-electron chi connectivity index (χ3n) is 7.03. The first-order valence-corrected chi connectivity index (χ1v) is 12.6. The summed E-state index contributed by atoms with van der Waals surface area (Å²) in [5.41, 5.74) is 2.09. The maximum atomic E-state index is 11.6. The molecule has 7 nitrogen and oxygen atoms in total. The van der Waals surface area contributed by atoms with Gasteiger partial charge in [0.05, 0.1) is 24.8 Å². The van der Waals surface area contributed by atoms with Crippen molar-refractivity contribution in [2.45, 2.75) is 31.8 Å². The molecule has 4 N–H and O–H groups in total. The number of hydrogen-bond acceptors (Lipinski definition) is 6. The van der Waals surface area contributed by atoms with Gasteiger partial charge < -0.3 is 30.2 Å². The molecule has 0 amide bonds. The zero-order valence-corrected chi connectivity index (χ0v) is 20.5. The van der Waals surface area contributed by atoms with Crippen LogP contribution in [0.4, 0.5) is 0 Å². The molecule has 35 heavy (non-hydrogen) atoms. The summed E-state index contributed by atoms with van der Waals surface area (Å²) in [5, 5.41) is 24.8. The van der Waals surface area contributed by atoms with Crippen LogP contribution in [0.3, 0.4) is 0 Å². The molecule has 0 unspecified atom stereocenters. The predicted molar refractivity (Wildman–Crippen MR) is 139 cm³/mol. The lowest BCUT2D eigenvalue weighted by Gasteiger charge is -2.32. The second kappa shape index (κ2) is 12.3. The van der Waals surface area contributed by atoms with Crippen molar-refractivity contribution in [3.8, 4) is 5.75 Å². The summed E-state index contributed by atoms with van der Waals surface area (Å²) in [7, 11) is 0. The molecular formula is C28H37N3O4. The van der Waals surface area contributed by atoms with E-state index in [1.807, 2.05) is 6.07 Å². The summed E-state index contributed by atoms with van der Waals surface area (Å²) in [6, 6.07) is 16.8. The van der Waals surface area contributed by atoms with E-state index in [-0.39, 0.29) is 11.3 Å². The van der Waals surface area contributed by atoms with Crippen LogP contribution in [0, 0.1) is 5.92 Å². The normalized spacial score (nSPS) is 17.0. The molecule has 1 aliphatic heterocycles. The van der Waals surface area contributed by atoms with Gasteiger partial charge in [0.25, 0.3) is 0 Å². The van der Waals surface area contributed by atoms with Gasteiger partial charge in [0.1, 0.15) is 5.75 Å². The van der Waals surface area contributed by atoms with Crippen LogP contribution in [0.2, 0.25) is 0 Å². The maximum absolute atomic E-state index is 11.6. The van der Waals surface area contributed by atoms with Crippen molar-refractivity contribution < 1.29 is 14.9 Å². The van der Waals surface area contributed by atoms with Crippen molar-refractivity contribution in [1.29, 1.82) is 0 Å². The summed E-state index contributed by atoms with van der Waals surface area (Å²) in [4.78, 5) is 16.7. The Morgan fingerprint density at radius 2 is 1.89 bits per heavy atom. The average molecular weight is 480 g/mol. The monoisotopic (exact) mass is 479 g/mol. The lowest BCUT2D eigenvalue weighted by molar-refractivity contribution is 0.0816. The number of nitrogens with zero attached hydrogens (tertiary/aromatic N) is 1. The molecule has 0 radical (unpaired) electrons. The number of likely N-dealkylation sites (tertiary alicyclic amines) is 1. The predicted octanol–water partition coefficient (Wildman–Crippen LogP) is 3.39. The zero-order valence-electron chi connectivity index (χ0n) is 20.5. The smallest absolute Gasteiger partial charge is 0.248 e. The molecule has 2 aromatic carbocycles. The number of phenolic OH excluding ortho intramolecular Hbond substituents is 1. The Bertz CT molecular complexity index is 1130. The van der Waals surface area contributed by atoms with Gasteiger partial charge in [-0.1, -0.05) is 43.3 Å². The van der Waals surface area contributed by atoms with Crippen molar-refractivity contribution >= 4 is 10.9 Å². The number of aromatic nitrogens is 1. The minimum absolute atomic E-state index is 0.00414. The highest BCUT2D eigenvalue weighted by Crippen LogP contribution is 2.28. The van der Waals surface area contributed by atoms with Crippen LogP contribution < -0.4 is 10.9 Å². The number of aliphatic hydroxyl groups excluding tert-OH is 1. The number of hydrogen-bond donors (Lipinski definition) is 4. The molecule has 2 atom stereocenters.